The van der Waals surface area contributed by atoms with E-state index >= 15 is 0 Å². The third-order valence-corrected chi connectivity index (χ3v) is 3.96. The molecule has 5 heteroatoms. The first-order valence-electron chi connectivity index (χ1n) is 8.34. The monoisotopic (exact) mass is 326 g/mol. The highest BCUT2D eigenvalue weighted by Crippen LogP contribution is 2.23. The zero-order valence-corrected chi connectivity index (χ0v) is 15.1. The van der Waals surface area contributed by atoms with E-state index in [-0.39, 0.29) is 11.3 Å². The summed E-state index contributed by atoms with van der Waals surface area (Å²) in [5.74, 6) is 0.440. The van der Waals surface area contributed by atoms with Crippen LogP contribution in [0.1, 0.15) is 50.5 Å². The van der Waals surface area contributed by atoms with E-state index in [4.69, 9.17) is 0 Å². The third kappa shape index (κ3) is 4.31. The Morgan fingerprint density at radius 3 is 2.04 bits per heavy atom. The minimum Gasteiger partial charge on any atom is -0.341 e. The molecule has 0 saturated carbocycles. The van der Waals surface area contributed by atoms with Gasteiger partial charge in [-0.25, -0.2) is 9.97 Å². The normalized spacial score (nSPS) is 11.2. The molecule has 2 aromatic rings. The maximum atomic E-state index is 12.3. The summed E-state index contributed by atoms with van der Waals surface area (Å²) in [7, 11) is 0. The number of hydrogen-bond donors (Lipinski definition) is 1. The van der Waals surface area contributed by atoms with Crippen LogP contribution in [0, 0.1) is 0 Å². The van der Waals surface area contributed by atoms with Crippen molar-refractivity contribution in [1.29, 1.82) is 0 Å². The van der Waals surface area contributed by atoms with E-state index in [0.29, 0.717) is 11.5 Å². The molecule has 128 valence electrons. The molecule has 5 nitrogen and oxygen atoms in total. The zero-order valence-electron chi connectivity index (χ0n) is 15.1. The summed E-state index contributed by atoms with van der Waals surface area (Å²) < 4.78 is 0. The van der Waals surface area contributed by atoms with Gasteiger partial charge in [-0.2, -0.15) is 0 Å². The van der Waals surface area contributed by atoms with Gasteiger partial charge in [0, 0.05) is 31.2 Å². The highest BCUT2D eigenvalue weighted by Gasteiger charge is 2.14. The highest BCUT2D eigenvalue weighted by molar-refractivity contribution is 6.03. The Labute approximate surface area is 144 Å². The lowest BCUT2D eigenvalue weighted by Gasteiger charge is -2.19. The van der Waals surface area contributed by atoms with Crippen molar-refractivity contribution in [2.24, 2.45) is 0 Å². The van der Waals surface area contributed by atoms with E-state index in [1.54, 1.807) is 12.4 Å². The van der Waals surface area contributed by atoms with Gasteiger partial charge in [-0.15, -0.1) is 0 Å². The van der Waals surface area contributed by atoms with E-state index < -0.39 is 0 Å². The molecule has 0 bridgehead atoms. The fourth-order valence-corrected chi connectivity index (χ4v) is 2.37. The fraction of sp³-hybridized carbons (Fsp3) is 0.421. The number of benzene rings is 1. The van der Waals surface area contributed by atoms with Crippen LogP contribution in [0.3, 0.4) is 0 Å². The van der Waals surface area contributed by atoms with Gasteiger partial charge in [0.25, 0.3) is 5.91 Å². The molecule has 0 radical (unpaired) electrons. The van der Waals surface area contributed by atoms with Gasteiger partial charge in [0.15, 0.2) is 0 Å². The maximum absolute atomic E-state index is 12.3. The van der Waals surface area contributed by atoms with Crippen LogP contribution in [0.15, 0.2) is 36.7 Å². The molecule has 0 aliphatic heterocycles. The number of amides is 1. The number of nitrogens with zero attached hydrogens (tertiary/aromatic N) is 3. The summed E-state index contributed by atoms with van der Waals surface area (Å²) in [5.41, 5.74) is 2.54. The summed E-state index contributed by atoms with van der Waals surface area (Å²) in [4.78, 5) is 22.9. The summed E-state index contributed by atoms with van der Waals surface area (Å²) >= 11 is 0. The van der Waals surface area contributed by atoms with Gasteiger partial charge < -0.3 is 10.2 Å². The van der Waals surface area contributed by atoms with Crippen LogP contribution in [-0.4, -0.2) is 29.0 Å². The van der Waals surface area contributed by atoms with Crippen LogP contribution in [0.5, 0.6) is 0 Å². The number of hydrogen-bond acceptors (Lipinski definition) is 4. The van der Waals surface area contributed by atoms with Gasteiger partial charge in [0.2, 0.25) is 5.95 Å². The van der Waals surface area contributed by atoms with Crippen molar-refractivity contribution in [3.05, 3.63) is 47.8 Å². The van der Waals surface area contributed by atoms with Crippen molar-refractivity contribution in [2.75, 3.05) is 23.3 Å². The lowest BCUT2D eigenvalue weighted by molar-refractivity contribution is 0.102. The molecule has 1 heterocycles. The summed E-state index contributed by atoms with van der Waals surface area (Å²) in [6.45, 7) is 12.3. The number of nitrogens with one attached hydrogen (secondary N) is 1. The van der Waals surface area contributed by atoms with Crippen molar-refractivity contribution in [2.45, 2.75) is 40.0 Å². The first-order valence-corrected chi connectivity index (χ1v) is 8.34. The molecular weight excluding hydrogens is 300 g/mol. The molecule has 1 aromatic heterocycles. The van der Waals surface area contributed by atoms with Crippen LogP contribution in [0.2, 0.25) is 0 Å². The molecule has 1 N–H and O–H groups in total. The van der Waals surface area contributed by atoms with Gasteiger partial charge in [0.1, 0.15) is 0 Å². The Balaban J connectivity index is 2.07. The molecule has 0 spiro atoms. The van der Waals surface area contributed by atoms with Crippen molar-refractivity contribution < 1.29 is 4.79 Å². The Hall–Kier alpha value is -2.43. The summed E-state index contributed by atoms with van der Waals surface area (Å²) in [6.07, 6.45) is 3.14. The molecule has 2 rings (SSSR count). The van der Waals surface area contributed by atoms with E-state index in [0.717, 1.165) is 18.8 Å². The number of aromatic nitrogens is 2. The lowest BCUT2D eigenvalue weighted by Crippen LogP contribution is -2.24. The van der Waals surface area contributed by atoms with Crippen LogP contribution >= 0.6 is 0 Å². The van der Waals surface area contributed by atoms with E-state index in [9.17, 15) is 4.79 Å². The van der Waals surface area contributed by atoms with Gasteiger partial charge in [-0.3, -0.25) is 4.79 Å². The average Bonchev–Trinajstić information content (AvgIpc) is 2.56. The van der Waals surface area contributed by atoms with Gasteiger partial charge >= 0.3 is 0 Å². The third-order valence-electron chi connectivity index (χ3n) is 3.96. The second-order valence-corrected chi connectivity index (χ2v) is 6.73. The van der Waals surface area contributed by atoms with Crippen LogP contribution < -0.4 is 10.2 Å². The molecule has 1 aromatic carbocycles. The molecule has 0 fully saturated rings. The van der Waals surface area contributed by atoms with E-state index in [1.807, 2.05) is 29.2 Å². The Morgan fingerprint density at radius 1 is 1.04 bits per heavy atom. The van der Waals surface area contributed by atoms with Gasteiger partial charge in [0.05, 0.1) is 5.56 Å². The second-order valence-electron chi connectivity index (χ2n) is 6.73. The van der Waals surface area contributed by atoms with E-state index in [1.165, 1.54) is 5.56 Å². The zero-order chi connectivity index (χ0) is 17.7. The quantitative estimate of drug-likeness (QED) is 0.906. The first-order chi connectivity index (χ1) is 11.3. The molecular formula is C19H26N4O. The van der Waals surface area contributed by atoms with Crippen LogP contribution in [-0.2, 0) is 5.41 Å². The van der Waals surface area contributed by atoms with E-state index in [2.05, 4.69) is 49.9 Å². The first kappa shape index (κ1) is 17.9. The summed E-state index contributed by atoms with van der Waals surface area (Å²) in [6, 6.07) is 7.92. The second kappa shape index (κ2) is 7.43. The minimum absolute atomic E-state index is 0.0939. The topological polar surface area (TPSA) is 58.1 Å². The predicted octanol–water partition coefficient (Wildman–Crippen LogP) is 3.87. The van der Waals surface area contributed by atoms with Gasteiger partial charge in [-0.1, -0.05) is 32.9 Å². The molecule has 0 aliphatic carbocycles. The largest absolute Gasteiger partial charge is 0.341 e. The van der Waals surface area contributed by atoms with Crippen molar-refractivity contribution in [3.8, 4) is 0 Å². The fourth-order valence-electron chi connectivity index (χ4n) is 2.37. The molecule has 24 heavy (non-hydrogen) atoms. The molecule has 0 unspecified atom stereocenters. The predicted molar refractivity (Wildman–Crippen MR) is 98.7 cm³/mol. The van der Waals surface area contributed by atoms with Crippen molar-refractivity contribution in [3.63, 3.8) is 0 Å². The van der Waals surface area contributed by atoms with Crippen LogP contribution in [0.4, 0.5) is 11.6 Å². The number of carbonyl (C=O) groups excluding carboxylic acids is 1. The smallest absolute Gasteiger partial charge is 0.258 e. The van der Waals surface area contributed by atoms with Gasteiger partial charge in [-0.05, 0) is 37.0 Å². The number of anilines is 2. The maximum Gasteiger partial charge on any atom is 0.258 e. The number of carbonyl (C=O) groups is 1. The SMILES string of the molecule is CCN(CC)c1ncc(C(=O)Nc2ccc(C(C)(C)C)cc2)cn1. The average molecular weight is 326 g/mol. The van der Waals surface area contributed by atoms with Crippen molar-refractivity contribution >= 4 is 17.5 Å². The standard InChI is InChI=1S/C19H26N4O/c1-6-23(7-2)18-20-12-14(13-21-18)17(24)22-16-10-8-15(9-11-16)19(3,4)5/h8-13H,6-7H2,1-5H3,(H,22,24). The molecule has 0 atom stereocenters. The molecule has 0 aliphatic rings. The van der Waals surface area contributed by atoms with Crippen molar-refractivity contribution in [1.82, 2.24) is 9.97 Å². The lowest BCUT2D eigenvalue weighted by atomic mass is 9.87. The minimum atomic E-state index is -0.204. The Bertz CT molecular complexity index is 668. The summed E-state index contributed by atoms with van der Waals surface area (Å²) in [5, 5.41) is 2.88. The molecule has 0 saturated heterocycles. The number of rotatable bonds is 5. The molecule has 1 amide bonds. The highest BCUT2D eigenvalue weighted by atomic mass is 16.1. The van der Waals surface area contributed by atoms with Crippen LogP contribution in [0.25, 0.3) is 0 Å². The Morgan fingerprint density at radius 2 is 1.58 bits per heavy atom. The Kier molecular flexibility index (Phi) is 5.54.